The van der Waals surface area contributed by atoms with Gasteiger partial charge in [0.15, 0.2) is 0 Å². The van der Waals surface area contributed by atoms with Crippen LogP contribution in [0.25, 0.3) is 0 Å². The Hall–Kier alpha value is -2.42. The number of benzene rings is 3. The van der Waals surface area contributed by atoms with Gasteiger partial charge in [0.05, 0.1) is 0 Å². The summed E-state index contributed by atoms with van der Waals surface area (Å²) in [6.07, 6.45) is 3.84. The Morgan fingerprint density at radius 2 is 1.29 bits per heavy atom. The Morgan fingerprint density at radius 3 is 1.94 bits per heavy atom. The predicted octanol–water partition coefficient (Wildman–Crippen LogP) is 5.54. The van der Waals surface area contributed by atoms with Gasteiger partial charge < -0.3 is 10.2 Å². The SMILES string of the molecule is c1ccc(CNC2CCN(CC3CC4c5ccccc5C3c3ccccc34)CC2)cc1. The molecule has 2 heteroatoms. The molecule has 2 nitrogen and oxygen atoms in total. The maximum Gasteiger partial charge on any atom is 0.0208 e. The summed E-state index contributed by atoms with van der Waals surface area (Å²) in [5.41, 5.74) is 7.77. The fourth-order valence-corrected chi connectivity index (χ4v) is 6.45. The molecule has 0 aromatic heterocycles. The molecular weight excluding hydrogens is 376 g/mol. The highest BCUT2D eigenvalue weighted by Crippen LogP contribution is 2.55. The van der Waals surface area contributed by atoms with Crippen LogP contribution in [-0.2, 0) is 6.54 Å². The maximum atomic E-state index is 3.79. The highest BCUT2D eigenvalue weighted by Gasteiger charge is 2.43. The number of piperidine rings is 1. The molecule has 0 radical (unpaired) electrons. The molecule has 1 unspecified atom stereocenters. The van der Waals surface area contributed by atoms with Gasteiger partial charge in [0.25, 0.3) is 0 Å². The minimum atomic E-state index is 0.575. The van der Waals surface area contributed by atoms with Crippen molar-refractivity contribution in [3.8, 4) is 0 Å². The monoisotopic (exact) mass is 408 g/mol. The molecule has 158 valence electrons. The number of nitrogens with one attached hydrogen (secondary N) is 1. The number of likely N-dealkylation sites (tertiary alicyclic amines) is 1. The molecule has 1 aliphatic heterocycles. The topological polar surface area (TPSA) is 15.3 Å². The molecule has 3 aliphatic carbocycles. The summed E-state index contributed by atoms with van der Waals surface area (Å²) in [6, 6.07) is 29.9. The molecule has 1 atom stereocenters. The van der Waals surface area contributed by atoms with E-state index in [1.54, 1.807) is 22.3 Å². The lowest BCUT2D eigenvalue weighted by Crippen LogP contribution is -2.46. The molecule has 31 heavy (non-hydrogen) atoms. The quantitative estimate of drug-likeness (QED) is 0.596. The van der Waals surface area contributed by atoms with Crippen LogP contribution in [0.3, 0.4) is 0 Å². The van der Waals surface area contributed by atoms with Crippen molar-refractivity contribution in [3.05, 3.63) is 107 Å². The molecule has 0 saturated carbocycles. The summed E-state index contributed by atoms with van der Waals surface area (Å²) >= 11 is 0. The van der Waals surface area contributed by atoms with E-state index in [4.69, 9.17) is 0 Å². The van der Waals surface area contributed by atoms with Gasteiger partial charge in [0.1, 0.15) is 0 Å². The van der Waals surface area contributed by atoms with E-state index in [2.05, 4.69) is 89.1 Å². The zero-order valence-electron chi connectivity index (χ0n) is 18.2. The van der Waals surface area contributed by atoms with Crippen LogP contribution >= 0.6 is 0 Å². The maximum absolute atomic E-state index is 3.79. The van der Waals surface area contributed by atoms with Crippen LogP contribution in [0.2, 0.25) is 0 Å². The summed E-state index contributed by atoms with van der Waals surface area (Å²) < 4.78 is 0. The van der Waals surface area contributed by atoms with Crippen molar-refractivity contribution in [2.45, 2.75) is 43.7 Å². The summed E-state index contributed by atoms with van der Waals surface area (Å²) in [4.78, 5) is 2.75. The van der Waals surface area contributed by atoms with Crippen molar-refractivity contribution < 1.29 is 0 Å². The Kier molecular flexibility index (Phi) is 5.13. The molecular formula is C29H32N2. The van der Waals surface area contributed by atoms with Crippen LogP contribution in [0, 0.1) is 5.92 Å². The standard InChI is InChI=1S/C29H32N2/c1-2-8-21(9-3-1)19-30-23-14-16-31(17-15-23)20-22-18-28-24-10-4-6-12-26(24)29(22)27-13-7-5-11-25(27)28/h1-13,22-23,28-30H,14-20H2. The molecule has 3 aromatic carbocycles. The van der Waals surface area contributed by atoms with Crippen LogP contribution < -0.4 is 5.32 Å². The average Bonchev–Trinajstić information content (AvgIpc) is 2.84. The van der Waals surface area contributed by atoms with Crippen molar-refractivity contribution in [1.82, 2.24) is 10.2 Å². The molecule has 0 spiro atoms. The third-order valence-corrected chi connectivity index (χ3v) is 7.94. The zero-order valence-corrected chi connectivity index (χ0v) is 18.2. The van der Waals surface area contributed by atoms with Crippen molar-refractivity contribution in [2.75, 3.05) is 19.6 Å². The summed E-state index contributed by atoms with van der Waals surface area (Å²) in [6.45, 7) is 4.69. The molecule has 4 aliphatic rings. The van der Waals surface area contributed by atoms with E-state index in [0.29, 0.717) is 17.9 Å². The minimum Gasteiger partial charge on any atom is -0.310 e. The van der Waals surface area contributed by atoms with Crippen LogP contribution in [0.15, 0.2) is 78.9 Å². The Balaban J connectivity index is 1.12. The third-order valence-electron chi connectivity index (χ3n) is 7.94. The van der Waals surface area contributed by atoms with Crippen LogP contribution in [0.1, 0.15) is 58.9 Å². The van der Waals surface area contributed by atoms with E-state index in [1.807, 2.05) is 0 Å². The van der Waals surface area contributed by atoms with E-state index in [-0.39, 0.29) is 0 Å². The van der Waals surface area contributed by atoms with E-state index in [1.165, 1.54) is 44.5 Å². The van der Waals surface area contributed by atoms with E-state index >= 15 is 0 Å². The summed E-state index contributed by atoms with van der Waals surface area (Å²) in [5, 5.41) is 3.79. The minimum absolute atomic E-state index is 0.575. The van der Waals surface area contributed by atoms with Crippen molar-refractivity contribution >= 4 is 0 Å². The van der Waals surface area contributed by atoms with E-state index in [9.17, 15) is 0 Å². The highest BCUT2D eigenvalue weighted by molar-refractivity contribution is 5.55. The Labute approximate surface area is 186 Å². The second-order valence-corrected chi connectivity index (χ2v) is 9.73. The highest BCUT2D eigenvalue weighted by atomic mass is 15.1. The van der Waals surface area contributed by atoms with Crippen molar-refractivity contribution in [2.24, 2.45) is 5.92 Å². The van der Waals surface area contributed by atoms with Crippen LogP contribution in [0.4, 0.5) is 0 Å². The lowest BCUT2D eigenvalue weighted by atomic mass is 9.59. The first-order valence-corrected chi connectivity index (χ1v) is 12.0. The second kappa shape index (κ2) is 8.26. The number of rotatable bonds is 5. The summed E-state index contributed by atoms with van der Waals surface area (Å²) in [5.74, 6) is 1.91. The third kappa shape index (κ3) is 3.62. The molecule has 3 aromatic rings. The number of hydrogen-bond donors (Lipinski definition) is 1. The van der Waals surface area contributed by atoms with Crippen molar-refractivity contribution in [1.29, 1.82) is 0 Å². The second-order valence-electron chi connectivity index (χ2n) is 9.73. The van der Waals surface area contributed by atoms with E-state index < -0.39 is 0 Å². The van der Waals surface area contributed by atoms with Crippen LogP contribution in [0.5, 0.6) is 0 Å². The molecule has 1 fully saturated rings. The van der Waals surface area contributed by atoms with Gasteiger partial charge in [-0.1, -0.05) is 78.9 Å². The fraction of sp³-hybridized carbons (Fsp3) is 0.379. The molecule has 1 N–H and O–H groups in total. The fourth-order valence-electron chi connectivity index (χ4n) is 6.45. The van der Waals surface area contributed by atoms with Crippen molar-refractivity contribution in [3.63, 3.8) is 0 Å². The largest absolute Gasteiger partial charge is 0.310 e. The van der Waals surface area contributed by atoms with Gasteiger partial charge in [0, 0.05) is 31.0 Å². The molecule has 2 bridgehead atoms. The Bertz CT molecular complexity index is 988. The molecule has 0 amide bonds. The van der Waals surface area contributed by atoms with Gasteiger partial charge in [-0.25, -0.2) is 0 Å². The number of hydrogen-bond acceptors (Lipinski definition) is 2. The average molecular weight is 409 g/mol. The van der Waals surface area contributed by atoms with Gasteiger partial charge in [-0.05, 0) is 66.1 Å². The smallest absolute Gasteiger partial charge is 0.0208 e. The first-order valence-electron chi connectivity index (χ1n) is 12.0. The lowest BCUT2D eigenvalue weighted by molar-refractivity contribution is 0.153. The zero-order chi connectivity index (χ0) is 20.6. The summed E-state index contributed by atoms with van der Waals surface area (Å²) in [7, 11) is 0. The van der Waals surface area contributed by atoms with E-state index in [0.717, 1.165) is 12.5 Å². The van der Waals surface area contributed by atoms with Gasteiger partial charge in [-0.3, -0.25) is 0 Å². The lowest BCUT2D eigenvalue weighted by Gasteiger charge is -2.47. The number of fused-ring (bicyclic) bond motifs is 1. The first-order chi connectivity index (χ1) is 15.4. The normalized spacial score (nSPS) is 25.2. The Morgan fingerprint density at radius 1 is 0.710 bits per heavy atom. The first kappa shape index (κ1) is 19.3. The van der Waals surface area contributed by atoms with Gasteiger partial charge >= 0.3 is 0 Å². The predicted molar refractivity (Wildman–Crippen MR) is 127 cm³/mol. The van der Waals surface area contributed by atoms with Gasteiger partial charge in [-0.15, -0.1) is 0 Å². The molecule has 1 saturated heterocycles. The van der Waals surface area contributed by atoms with Crippen LogP contribution in [-0.4, -0.2) is 30.6 Å². The number of nitrogens with zero attached hydrogens (tertiary/aromatic N) is 1. The molecule has 1 heterocycles. The van der Waals surface area contributed by atoms with Gasteiger partial charge in [-0.2, -0.15) is 0 Å². The van der Waals surface area contributed by atoms with Gasteiger partial charge in [0.2, 0.25) is 0 Å². The molecule has 7 rings (SSSR count).